The van der Waals surface area contributed by atoms with Gasteiger partial charge in [0, 0.05) is 18.2 Å². The molecular formula is C16H25FN2O. The lowest BCUT2D eigenvalue weighted by Crippen LogP contribution is -2.30. The molecule has 2 rings (SSSR count). The highest BCUT2D eigenvalue weighted by atomic mass is 19.1. The van der Waals surface area contributed by atoms with Gasteiger partial charge in [0.2, 0.25) is 0 Å². The molecule has 2 atom stereocenters. The molecule has 1 aliphatic rings. The van der Waals surface area contributed by atoms with Crippen LogP contribution in [0.3, 0.4) is 0 Å². The molecule has 3 N–H and O–H groups in total. The van der Waals surface area contributed by atoms with Gasteiger partial charge in [-0.25, -0.2) is 4.39 Å². The average Bonchev–Trinajstić information content (AvgIpc) is 2.34. The van der Waals surface area contributed by atoms with Gasteiger partial charge in [-0.2, -0.15) is 0 Å². The summed E-state index contributed by atoms with van der Waals surface area (Å²) in [6.07, 6.45) is 3.54. The summed E-state index contributed by atoms with van der Waals surface area (Å²) in [7, 11) is 0. The van der Waals surface area contributed by atoms with Gasteiger partial charge in [0.1, 0.15) is 0 Å². The summed E-state index contributed by atoms with van der Waals surface area (Å²) in [6.45, 7) is 6.85. The van der Waals surface area contributed by atoms with Crippen LogP contribution in [-0.2, 0) is 0 Å². The minimum absolute atomic E-state index is 0.265. The summed E-state index contributed by atoms with van der Waals surface area (Å²) in [5.74, 6) is 1.29. The van der Waals surface area contributed by atoms with Crippen molar-refractivity contribution in [2.75, 3.05) is 17.7 Å². The first-order chi connectivity index (χ1) is 9.49. The fourth-order valence-corrected chi connectivity index (χ4v) is 3.24. The second-order valence-electron chi connectivity index (χ2n) is 6.06. The van der Waals surface area contributed by atoms with Gasteiger partial charge < -0.3 is 15.8 Å². The molecule has 1 aromatic rings. The number of hydrogen-bond acceptors (Lipinski definition) is 3. The molecule has 2 unspecified atom stereocenters. The van der Waals surface area contributed by atoms with E-state index in [1.165, 1.54) is 12.5 Å². The number of rotatable bonds is 4. The predicted octanol–water partition coefficient (Wildman–Crippen LogP) is 4.04. The Morgan fingerprint density at radius 1 is 1.25 bits per heavy atom. The zero-order chi connectivity index (χ0) is 14.7. The number of nitrogens with one attached hydrogen (secondary N) is 1. The first-order valence-corrected chi connectivity index (χ1v) is 7.48. The van der Waals surface area contributed by atoms with Gasteiger partial charge in [-0.1, -0.05) is 13.8 Å². The Morgan fingerprint density at radius 2 is 1.90 bits per heavy atom. The zero-order valence-corrected chi connectivity index (χ0v) is 12.6. The molecule has 0 aliphatic heterocycles. The molecule has 0 amide bonds. The van der Waals surface area contributed by atoms with E-state index in [-0.39, 0.29) is 5.75 Å². The van der Waals surface area contributed by atoms with Crippen LogP contribution in [0.25, 0.3) is 0 Å². The molecule has 4 heteroatoms. The van der Waals surface area contributed by atoms with Crippen LogP contribution in [0.15, 0.2) is 12.1 Å². The van der Waals surface area contributed by atoms with Crippen molar-refractivity contribution in [1.82, 2.24) is 0 Å². The number of ether oxygens (including phenoxy) is 1. The van der Waals surface area contributed by atoms with Crippen LogP contribution in [0.2, 0.25) is 0 Å². The molecule has 3 nitrogen and oxygen atoms in total. The second kappa shape index (κ2) is 6.33. The molecule has 0 bridgehead atoms. The molecule has 1 saturated carbocycles. The highest BCUT2D eigenvalue weighted by molar-refractivity contribution is 5.69. The van der Waals surface area contributed by atoms with E-state index in [0.717, 1.165) is 18.5 Å². The minimum atomic E-state index is -0.403. The van der Waals surface area contributed by atoms with E-state index in [1.54, 1.807) is 6.07 Å². The van der Waals surface area contributed by atoms with Crippen LogP contribution in [-0.4, -0.2) is 12.6 Å². The fourth-order valence-electron chi connectivity index (χ4n) is 3.24. The van der Waals surface area contributed by atoms with Gasteiger partial charge in [-0.15, -0.1) is 0 Å². The number of halogens is 1. The van der Waals surface area contributed by atoms with E-state index in [4.69, 9.17) is 10.5 Å². The Hall–Kier alpha value is -1.45. The molecule has 1 aromatic carbocycles. The van der Waals surface area contributed by atoms with Gasteiger partial charge in [-0.3, -0.25) is 0 Å². The molecule has 1 fully saturated rings. The van der Waals surface area contributed by atoms with Crippen LogP contribution in [0, 0.1) is 17.7 Å². The monoisotopic (exact) mass is 280 g/mol. The lowest BCUT2D eigenvalue weighted by molar-refractivity contribution is 0.280. The van der Waals surface area contributed by atoms with Crippen molar-refractivity contribution in [3.8, 4) is 5.75 Å². The summed E-state index contributed by atoms with van der Waals surface area (Å²) < 4.78 is 19.0. The largest absolute Gasteiger partial charge is 0.491 e. The first-order valence-electron chi connectivity index (χ1n) is 7.48. The Kier molecular flexibility index (Phi) is 4.73. The number of anilines is 2. The molecule has 0 spiro atoms. The summed E-state index contributed by atoms with van der Waals surface area (Å²) >= 11 is 0. The first kappa shape index (κ1) is 14.9. The van der Waals surface area contributed by atoms with Gasteiger partial charge in [0.25, 0.3) is 0 Å². The third-order valence-electron chi connectivity index (χ3n) is 3.94. The standard InChI is InChI=1S/C16H25FN2O/c1-4-20-16-9-15(14(18)8-13(16)17)19-12-6-10(2)5-11(3)7-12/h8-12,19H,4-7,18H2,1-3H3. The molecule has 1 aliphatic carbocycles. The van der Waals surface area contributed by atoms with Crippen molar-refractivity contribution >= 4 is 11.4 Å². The smallest absolute Gasteiger partial charge is 0.167 e. The SMILES string of the molecule is CCOc1cc(NC2CC(C)CC(C)C2)c(N)cc1F. The van der Waals surface area contributed by atoms with Crippen molar-refractivity contribution in [2.45, 2.75) is 46.1 Å². The highest BCUT2D eigenvalue weighted by Gasteiger charge is 2.24. The van der Waals surface area contributed by atoms with E-state index < -0.39 is 5.82 Å². The maximum atomic E-state index is 13.7. The summed E-state index contributed by atoms with van der Waals surface area (Å²) in [6, 6.07) is 3.41. The number of nitrogens with two attached hydrogens (primary N) is 1. The molecule has 112 valence electrons. The van der Waals surface area contributed by atoms with Gasteiger partial charge >= 0.3 is 0 Å². The molecule has 0 saturated heterocycles. The Balaban J connectivity index is 2.13. The lowest BCUT2D eigenvalue weighted by atomic mass is 9.80. The van der Waals surface area contributed by atoms with Crippen LogP contribution in [0.5, 0.6) is 5.75 Å². The van der Waals surface area contributed by atoms with Crippen LogP contribution >= 0.6 is 0 Å². The summed E-state index contributed by atoms with van der Waals surface area (Å²) in [5, 5.41) is 3.46. The van der Waals surface area contributed by atoms with Gasteiger partial charge in [0.15, 0.2) is 11.6 Å². The van der Waals surface area contributed by atoms with Crippen LogP contribution in [0.1, 0.15) is 40.0 Å². The normalized spacial score (nSPS) is 26.3. The van der Waals surface area contributed by atoms with E-state index in [2.05, 4.69) is 19.2 Å². The van der Waals surface area contributed by atoms with E-state index in [1.807, 2.05) is 6.92 Å². The summed E-state index contributed by atoms with van der Waals surface area (Å²) in [5.41, 5.74) is 7.14. The molecule has 0 radical (unpaired) electrons. The van der Waals surface area contributed by atoms with Crippen LogP contribution in [0.4, 0.5) is 15.8 Å². The quantitative estimate of drug-likeness (QED) is 0.818. The van der Waals surface area contributed by atoms with Crippen LogP contribution < -0.4 is 15.8 Å². The van der Waals surface area contributed by atoms with E-state index in [9.17, 15) is 4.39 Å². The van der Waals surface area contributed by atoms with Crippen molar-refractivity contribution in [3.05, 3.63) is 17.9 Å². The van der Waals surface area contributed by atoms with Crippen molar-refractivity contribution in [2.24, 2.45) is 11.8 Å². The lowest BCUT2D eigenvalue weighted by Gasteiger charge is -2.33. The van der Waals surface area contributed by atoms with Crippen molar-refractivity contribution in [3.63, 3.8) is 0 Å². The number of hydrogen-bond donors (Lipinski definition) is 2. The molecular weight excluding hydrogens is 255 g/mol. The Morgan fingerprint density at radius 3 is 2.50 bits per heavy atom. The third kappa shape index (κ3) is 3.56. The number of benzene rings is 1. The topological polar surface area (TPSA) is 47.3 Å². The highest BCUT2D eigenvalue weighted by Crippen LogP contribution is 2.34. The Bertz CT molecular complexity index is 454. The Labute approximate surface area is 120 Å². The van der Waals surface area contributed by atoms with Gasteiger partial charge in [0.05, 0.1) is 18.0 Å². The fraction of sp³-hybridized carbons (Fsp3) is 0.625. The molecule has 0 heterocycles. The van der Waals surface area contributed by atoms with E-state index >= 15 is 0 Å². The minimum Gasteiger partial charge on any atom is -0.491 e. The zero-order valence-electron chi connectivity index (χ0n) is 12.6. The predicted molar refractivity (Wildman–Crippen MR) is 81.6 cm³/mol. The van der Waals surface area contributed by atoms with E-state index in [0.29, 0.717) is 30.2 Å². The average molecular weight is 280 g/mol. The third-order valence-corrected chi connectivity index (χ3v) is 3.94. The summed E-state index contributed by atoms with van der Waals surface area (Å²) in [4.78, 5) is 0. The van der Waals surface area contributed by atoms with Crippen molar-refractivity contribution in [1.29, 1.82) is 0 Å². The maximum absolute atomic E-state index is 13.7. The molecule has 0 aromatic heterocycles. The van der Waals surface area contributed by atoms with Gasteiger partial charge in [-0.05, 0) is 38.0 Å². The number of nitrogen functional groups attached to an aromatic ring is 1. The maximum Gasteiger partial charge on any atom is 0.167 e. The second-order valence-corrected chi connectivity index (χ2v) is 6.06. The van der Waals surface area contributed by atoms with Crippen molar-refractivity contribution < 1.29 is 9.13 Å². The molecule has 20 heavy (non-hydrogen) atoms.